The molecule has 0 radical (unpaired) electrons. The number of rotatable bonds is 8. The van der Waals surface area contributed by atoms with Gasteiger partial charge in [0, 0.05) is 56.3 Å². The molecule has 0 bridgehead atoms. The lowest BCUT2D eigenvalue weighted by atomic mass is 10.0. The minimum atomic E-state index is 0.770. The van der Waals surface area contributed by atoms with E-state index in [1.807, 2.05) is 36.4 Å². The lowest BCUT2D eigenvalue weighted by molar-refractivity contribution is 0.479. The lowest BCUT2D eigenvalue weighted by Crippen LogP contribution is -2.16. The lowest BCUT2D eigenvalue weighted by Gasteiger charge is -2.28. The molecule has 0 aliphatic carbocycles. The Bertz CT molecular complexity index is 3130. The highest BCUT2D eigenvalue weighted by molar-refractivity contribution is 6.14. The molecule has 2 aromatic heterocycles. The third kappa shape index (κ3) is 6.09. The molecule has 0 saturated carbocycles. The summed E-state index contributed by atoms with van der Waals surface area (Å²) in [6.07, 6.45) is 7.85. The number of furan rings is 1. The van der Waals surface area contributed by atoms with Crippen LogP contribution in [-0.2, 0) is 6.42 Å². The number of allylic oxidation sites excluding steroid dienone is 3. The van der Waals surface area contributed by atoms with E-state index in [9.17, 15) is 0 Å². The maximum atomic E-state index is 6.75. The van der Waals surface area contributed by atoms with Crippen LogP contribution in [0.1, 0.15) is 37.0 Å². The minimum Gasteiger partial charge on any atom is -0.464 e. The molecule has 0 N–H and O–H groups in total. The van der Waals surface area contributed by atoms with E-state index in [4.69, 9.17) is 14.1 Å². The Morgan fingerprint density at radius 2 is 1.40 bits per heavy atom. The largest absolute Gasteiger partial charge is 0.464 e. The van der Waals surface area contributed by atoms with Gasteiger partial charge in [0.1, 0.15) is 16.9 Å². The summed E-state index contributed by atoms with van der Waals surface area (Å²) < 4.78 is 15.3. The average molecular weight is 752 g/mol. The van der Waals surface area contributed by atoms with Crippen LogP contribution in [0.2, 0.25) is 0 Å². The number of aliphatic imine (C=N–C) groups is 1. The SMILES string of the molecule is C=C1/C=C(N(c2ccc3c(c2)oc2ccc(CCC)c(/N=C(\C)c4ccccc4)c23)c2ccc3c4ccccc4n(-c4ccccc4)c3c2)\C=C/Oc2ccccc21. The summed E-state index contributed by atoms with van der Waals surface area (Å²) in [5.74, 6) is 0.770. The molecule has 58 heavy (non-hydrogen) atoms. The van der Waals surface area contributed by atoms with Gasteiger partial charge in [0.25, 0.3) is 0 Å². The third-order valence-corrected chi connectivity index (χ3v) is 11.1. The monoisotopic (exact) mass is 751 g/mol. The van der Waals surface area contributed by atoms with E-state index in [1.165, 1.54) is 16.3 Å². The Labute approximate surface area is 337 Å². The molecule has 0 spiro atoms. The first kappa shape index (κ1) is 35.1. The molecular weight excluding hydrogens is 711 g/mol. The molecule has 0 unspecified atom stereocenters. The van der Waals surface area contributed by atoms with Crippen LogP contribution in [0.5, 0.6) is 5.75 Å². The Hall–Kier alpha value is -7.37. The molecule has 5 heteroatoms. The van der Waals surface area contributed by atoms with Crippen LogP contribution in [0.15, 0.2) is 198 Å². The van der Waals surface area contributed by atoms with Crippen molar-refractivity contribution in [3.05, 3.63) is 205 Å². The van der Waals surface area contributed by atoms with Gasteiger partial charge in [-0.05, 0) is 96.8 Å². The first-order chi connectivity index (χ1) is 28.6. The summed E-state index contributed by atoms with van der Waals surface area (Å²) >= 11 is 0. The van der Waals surface area contributed by atoms with E-state index >= 15 is 0 Å². The summed E-state index contributed by atoms with van der Waals surface area (Å²) in [6, 6.07) is 55.1. The number of hydrogen-bond donors (Lipinski definition) is 0. The van der Waals surface area contributed by atoms with Gasteiger partial charge >= 0.3 is 0 Å². The van der Waals surface area contributed by atoms with Gasteiger partial charge in [0.05, 0.1) is 28.4 Å². The van der Waals surface area contributed by atoms with E-state index in [1.54, 1.807) is 6.26 Å². The molecule has 3 heterocycles. The van der Waals surface area contributed by atoms with E-state index in [-0.39, 0.29) is 0 Å². The molecule has 0 amide bonds. The van der Waals surface area contributed by atoms with Crippen molar-refractivity contribution in [2.45, 2.75) is 26.7 Å². The van der Waals surface area contributed by atoms with Crippen LogP contribution >= 0.6 is 0 Å². The van der Waals surface area contributed by atoms with Crippen molar-refractivity contribution in [2.75, 3.05) is 4.90 Å². The molecular formula is C53H41N3O2. The van der Waals surface area contributed by atoms with Crippen molar-refractivity contribution in [1.82, 2.24) is 4.57 Å². The van der Waals surface area contributed by atoms with Crippen LogP contribution in [0.3, 0.4) is 0 Å². The predicted octanol–water partition coefficient (Wildman–Crippen LogP) is 14.4. The molecule has 7 aromatic carbocycles. The van der Waals surface area contributed by atoms with E-state index < -0.39 is 0 Å². The van der Waals surface area contributed by atoms with Crippen LogP contribution in [0.25, 0.3) is 55.0 Å². The second-order valence-electron chi connectivity index (χ2n) is 14.8. The van der Waals surface area contributed by atoms with E-state index in [0.29, 0.717) is 0 Å². The van der Waals surface area contributed by atoms with Crippen LogP contribution in [0, 0.1) is 0 Å². The number of anilines is 2. The zero-order valence-electron chi connectivity index (χ0n) is 32.5. The van der Waals surface area contributed by atoms with E-state index in [2.05, 4.69) is 163 Å². The maximum Gasteiger partial charge on any atom is 0.137 e. The van der Waals surface area contributed by atoms with Crippen LogP contribution in [0.4, 0.5) is 17.1 Å². The molecule has 0 atom stereocenters. The molecule has 0 saturated heterocycles. The van der Waals surface area contributed by atoms with Crippen molar-refractivity contribution in [3.8, 4) is 11.4 Å². The summed E-state index contributed by atoms with van der Waals surface area (Å²) in [4.78, 5) is 7.57. The van der Waals surface area contributed by atoms with Gasteiger partial charge < -0.3 is 18.6 Å². The highest BCUT2D eigenvalue weighted by Gasteiger charge is 2.22. The number of ether oxygens (including phenoxy) is 1. The quantitative estimate of drug-likeness (QED) is 0.145. The van der Waals surface area contributed by atoms with Gasteiger partial charge in [-0.3, -0.25) is 4.99 Å². The summed E-state index contributed by atoms with van der Waals surface area (Å²) in [5.41, 5.74) is 13.8. The third-order valence-electron chi connectivity index (χ3n) is 11.1. The number of aromatic nitrogens is 1. The van der Waals surface area contributed by atoms with E-state index in [0.717, 1.165) is 102 Å². The molecule has 9 aromatic rings. The van der Waals surface area contributed by atoms with Crippen molar-refractivity contribution in [3.63, 3.8) is 0 Å². The number of fused-ring (bicyclic) bond motifs is 7. The fraction of sp³-hybridized carbons (Fsp3) is 0.0755. The second-order valence-corrected chi connectivity index (χ2v) is 14.8. The first-order valence-electron chi connectivity index (χ1n) is 19.9. The smallest absolute Gasteiger partial charge is 0.137 e. The Kier molecular flexibility index (Phi) is 8.83. The number of para-hydroxylation sites is 3. The Balaban J connectivity index is 1.19. The standard InChI is InChI=1S/C53H41N3O2/c1-4-15-38-24-29-50-52(53(38)54-36(3)37-16-7-5-8-17-37)46-28-26-41(34-51(46)58-50)55(42-30-31-57-49-23-14-12-20-43(49)35(2)32-42)40-25-27-45-44-21-11-13-22-47(44)56(48(45)33-40)39-18-9-6-10-19-39/h5-14,16-34H,2,4,15H2,1,3H3/b31-30-,42-32+,54-36+. The normalized spacial score (nSPS) is 14.6. The zero-order chi connectivity index (χ0) is 39.2. The topological polar surface area (TPSA) is 42.9 Å². The zero-order valence-corrected chi connectivity index (χ0v) is 32.5. The molecule has 1 aliphatic rings. The summed E-state index contributed by atoms with van der Waals surface area (Å²) in [6.45, 7) is 8.81. The highest BCUT2D eigenvalue weighted by atomic mass is 16.5. The maximum absolute atomic E-state index is 6.75. The fourth-order valence-corrected chi connectivity index (χ4v) is 8.39. The second kappa shape index (κ2) is 14.6. The van der Waals surface area contributed by atoms with Gasteiger partial charge in [0.2, 0.25) is 0 Å². The number of aryl methyl sites for hydroxylation is 1. The van der Waals surface area contributed by atoms with Crippen LogP contribution in [-0.4, -0.2) is 10.3 Å². The van der Waals surface area contributed by atoms with Gasteiger partial charge in [-0.1, -0.05) is 117 Å². The minimum absolute atomic E-state index is 0.770. The number of hydrogen-bond acceptors (Lipinski definition) is 4. The van der Waals surface area contributed by atoms with Gasteiger partial charge in [-0.15, -0.1) is 0 Å². The molecule has 0 fully saturated rings. The summed E-state index contributed by atoms with van der Waals surface area (Å²) in [5, 5.41) is 4.45. The van der Waals surface area contributed by atoms with Crippen LogP contribution < -0.4 is 9.64 Å². The molecule has 280 valence electrons. The van der Waals surface area contributed by atoms with Gasteiger partial charge in [-0.25, -0.2) is 0 Å². The average Bonchev–Trinajstić information content (AvgIpc) is 3.80. The van der Waals surface area contributed by atoms with Crippen molar-refractivity contribution in [2.24, 2.45) is 4.99 Å². The highest BCUT2D eigenvalue weighted by Crippen LogP contribution is 2.44. The number of nitrogens with zero attached hydrogens (tertiary/aromatic N) is 3. The van der Waals surface area contributed by atoms with Crippen molar-refractivity contribution in [1.29, 1.82) is 0 Å². The van der Waals surface area contributed by atoms with Crippen molar-refractivity contribution < 1.29 is 9.15 Å². The molecule has 5 nitrogen and oxygen atoms in total. The fourth-order valence-electron chi connectivity index (χ4n) is 8.39. The molecule has 1 aliphatic heterocycles. The Morgan fingerprint density at radius 3 is 2.22 bits per heavy atom. The Morgan fingerprint density at radius 1 is 0.690 bits per heavy atom. The first-order valence-corrected chi connectivity index (χ1v) is 19.9. The summed E-state index contributed by atoms with van der Waals surface area (Å²) in [7, 11) is 0. The number of benzene rings is 7. The molecule has 10 rings (SSSR count). The van der Waals surface area contributed by atoms with Crippen molar-refractivity contribution >= 4 is 72.1 Å². The van der Waals surface area contributed by atoms with Gasteiger partial charge in [-0.2, -0.15) is 0 Å². The van der Waals surface area contributed by atoms with Gasteiger partial charge in [0.15, 0.2) is 0 Å². The predicted molar refractivity (Wildman–Crippen MR) is 242 cm³/mol.